The quantitative estimate of drug-likeness (QED) is 0.677. The van der Waals surface area contributed by atoms with Gasteiger partial charge in [-0.05, 0) is 30.9 Å². The van der Waals surface area contributed by atoms with E-state index in [0.717, 1.165) is 12.4 Å². The monoisotopic (exact) mass is 206 g/mol. The number of rotatable bonds is 6. The summed E-state index contributed by atoms with van der Waals surface area (Å²) in [6.07, 6.45) is 3.72. The Morgan fingerprint density at radius 2 is 1.93 bits per heavy atom. The molecule has 0 N–H and O–H groups in total. The highest BCUT2D eigenvalue weighted by Gasteiger charge is 2.06. The molecular weight excluding hydrogens is 184 g/mol. The molecule has 1 nitrogen and oxygen atoms in total. The van der Waals surface area contributed by atoms with Crippen molar-refractivity contribution in [3.8, 4) is 5.75 Å². The van der Waals surface area contributed by atoms with Crippen molar-refractivity contribution in [2.24, 2.45) is 5.92 Å². The van der Waals surface area contributed by atoms with E-state index in [0.29, 0.717) is 5.92 Å². The molecule has 0 saturated heterocycles. The van der Waals surface area contributed by atoms with E-state index in [-0.39, 0.29) is 0 Å². The number of benzene rings is 1. The van der Waals surface area contributed by atoms with Crippen LogP contribution in [0.4, 0.5) is 0 Å². The van der Waals surface area contributed by atoms with Crippen molar-refractivity contribution in [1.82, 2.24) is 0 Å². The summed E-state index contributed by atoms with van der Waals surface area (Å²) in [6.45, 7) is 7.42. The number of para-hydroxylation sites is 1. The van der Waals surface area contributed by atoms with Crippen LogP contribution in [0.25, 0.3) is 0 Å². The van der Waals surface area contributed by atoms with Crippen molar-refractivity contribution in [1.29, 1.82) is 0 Å². The maximum atomic E-state index is 5.84. The fraction of sp³-hybridized carbons (Fsp3) is 0.571. The lowest BCUT2D eigenvalue weighted by molar-refractivity contribution is 0.234. The average molecular weight is 206 g/mol. The topological polar surface area (TPSA) is 9.23 Å². The fourth-order valence-electron chi connectivity index (χ4n) is 1.74. The van der Waals surface area contributed by atoms with Gasteiger partial charge in [-0.25, -0.2) is 0 Å². The Labute approximate surface area is 93.5 Å². The van der Waals surface area contributed by atoms with Crippen LogP contribution in [0.5, 0.6) is 5.75 Å². The maximum Gasteiger partial charge on any atom is 0.122 e. The number of aryl methyl sites for hydroxylation is 1. The summed E-state index contributed by atoms with van der Waals surface area (Å²) in [6, 6.07) is 8.22. The van der Waals surface area contributed by atoms with E-state index < -0.39 is 0 Å². The molecule has 0 aliphatic heterocycles. The zero-order valence-corrected chi connectivity index (χ0v) is 10.1. The van der Waals surface area contributed by atoms with E-state index in [1.165, 1.54) is 24.8 Å². The van der Waals surface area contributed by atoms with E-state index >= 15 is 0 Å². The molecule has 0 fully saturated rings. The van der Waals surface area contributed by atoms with E-state index in [1.807, 2.05) is 18.2 Å². The molecule has 0 saturated carbocycles. The maximum absolute atomic E-state index is 5.84. The first-order valence-electron chi connectivity index (χ1n) is 5.96. The van der Waals surface area contributed by atoms with Crippen molar-refractivity contribution in [2.45, 2.75) is 40.0 Å². The Bertz CT molecular complexity index is 280. The molecule has 0 aliphatic carbocycles. The van der Waals surface area contributed by atoms with Crippen LogP contribution in [0.3, 0.4) is 0 Å². The van der Waals surface area contributed by atoms with E-state index in [9.17, 15) is 0 Å². The van der Waals surface area contributed by atoms with Crippen LogP contribution in [-0.2, 0) is 0 Å². The van der Waals surface area contributed by atoms with Gasteiger partial charge in [0.1, 0.15) is 5.75 Å². The molecule has 0 heterocycles. The number of hydrogen-bond donors (Lipinski definition) is 0. The van der Waals surface area contributed by atoms with Crippen LogP contribution in [0.1, 0.15) is 38.7 Å². The predicted octanol–water partition coefficient (Wildman–Crippen LogP) is 4.20. The van der Waals surface area contributed by atoms with Crippen LogP contribution in [0, 0.1) is 12.8 Å². The van der Waals surface area contributed by atoms with Gasteiger partial charge in [-0.15, -0.1) is 0 Å². The molecular formula is C14H22O. The third-order valence-corrected chi connectivity index (χ3v) is 2.84. The van der Waals surface area contributed by atoms with Gasteiger partial charge < -0.3 is 4.74 Å². The summed E-state index contributed by atoms with van der Waals surface area (Å²) in [4.78, 5) is 0. The van der Waals surface area contributed by atoms with Gasteiger partial charge in [0.2, 0.25) is 0 Å². The molecule has 0 spiro atoms. The molecule has 1 heteroatoms. The Morgan fingerprint density at radius 1 is 1.20 bits per heavy atom. The highest BCUT2D eigenvalue weighted by atomic mass is 16.5. The van der Waals surface area contributed by atoms with Crippen LogP contribution in [0.2, 0.25) is 0 Å². The second-order valence-corrected chi connectivity index (χ2v) is 4.14. The van der Waals surface area contributed by atoms with E-state index in [4.69, 9.17) is 4.74 Å². The molecule has 84 valence electrons. The standard InChI is InChI=1S/C14H22O/c1-4-8-13(5-2)11-15-14-10-7-6-9-12(14)3/h6-7,9-10,13H,4-5,8,11H2,1-3H3. The summed E-state index contributed by atoms with van der Waals surface area (Å²) < 4.78 is 5.84. The lowest BCUT2D eigenvalue weighted by Crippen LogP contribution is -2.11. The predicted molar refractivity (Wildman–Crippen MR) is 65.4 cm³/mol. The summed E-state index contributed by atoms with van der Waals surface area (Å²) in [5.74, 6) is 1.74. The van der Waals surface area contributed by atoms with Crippen molar-refractivity contribution in [3.63, 3.8) is 0 Å². The van der Waals surface area contributed by atoms with Gasteiger partial charge in [0.05, 0.1) is 6.61 Å². The fourth-order valence-corrected chi connectivity index (χ4v) is 1.74. The molecule has 1 unspecified atom stereocenters. The molecule has 0 aromatic heterocycles. The van der Waals surface area contributed by atoms with Crippen LogP contribution in [-0.4, -0.2) is 6.61 Å². The van der Waals surface area contributed by atoms with Gasteiger partial charge in [0.15, 0.2) is 0 Å². The second-order valence-electron chi connectivity index (χ2n) is 4.14. The van der Waals surface area contributed by atoms with E-state index in [2.05, 4.69) is 26.8 Å². The van der Waals surface area contributed by atoms with Crippen molar-refractivity contribution in [2.75, 3.05) is 6.61 Å². The number of ether oxygens (including phenoxy) is 1. The first-order chi connectivity index (χ1) is 7.27. The first-order valence-corrected chi connectivity index (χ1v) is 5.96. The summed E-state index contributed by atoms with van der Waals surface area (Å²) in [7, 11) is 0. The van der Waals surface area contributed by atoms with Gasteiger partial charge in [0, 0.05) is 0 Å². The molecule has 0 radical (unpaired) electrons. The molecule has 15 heavy (non-hydrogen) atoms. The Hall–Kier alpha value is -0.980. The van der Waals surface area contributed by atoms with Crippen molar-refractivity contribution in [3.05, 3.63) is 29.8 Å². The molecule has 0 bridgehead atoms. The normalized spacial score (nSPS) is 12.5. The molecule has 1 aromatic rings. The minimum atomic E-state index is 0.703. The van der Waals surface area contributed by atoms with Gasteiger partial charge >= 0.3 is 0 Å². The Morgan fingerprint density at radius 3 is 2.53 bits per heavy atom. The molecule has 0 aliphatic rings. The third-order valence-electron chi connectivity index (χ3n) is 2.84. The highest BCUT2D eigenvalue weighted by molar-refractivity contribution is 5.31. The summed E-state index contributed by atoms with van der Waals surface area (Å²) in [5, 5.41) is 0. The van der Waals surface area contributed by atoms with Crippen molar-refractivity contribution >= 4 is 0 Å². The summed E-state index contributed by atoms with van der Waals surface area (Å²) in [5.41, 5.74) is 1.23. The molecule has 0 amide bonds. The molecule has 1 atom stereocenters. The largest absolute Gasteiger partial charge is 0.493 e. The average Bonchev–Trinajstić information content (AvgIpc) is 2.26. The Kier molecular flexibility index (Phi) is 5.23. The van der Waals surface area contributed by atoms with Crippen molar-refractivity contribution < 1.29 is 4.74 Å². The van der Waals surface area contributed by atoms with Gasteiger partial charge in [-0.2, -0.15) is 0 Å². The first kappa shape index (κ1) is 12.1. The lowest BCUT2D eigenvalue weighted by atomic mass is 10.0. The minimum absolute atomic E-state index is 0.703. The second kappa shape index (κ2) is 6.49. The lowest BCUT2D eigenvalue weighted by Gasteiger charge is -2.16. The van der Waals surface area contributed by atoms with E-state index in [1.54, 1.807) is 0 Å². The zero-order valence-electron chi connectivity index (χ0n) is 10.1. The smallest absolute Gasteiger partial charge is 0.122 e. The van der Waals surface area contributed by atoms with Crippen LogP contribution >= 0.6 is 0 Å². The molecule has 1 aromatic carbocycles. The minimum Gasteiger partial charge on any atom is -0.493 e. The molecule has 1 rings (SSSR count). The Balaban J connectivity index is 2.45. The van der Waals surface area contributed by atoms with Gasteiger partial charge in [0.25, 0.3) is 0 Å². The zero-order chi connectivity index (χ0) is 11.1. The third kappa shape index (κ3) is 3.94. The van der Waals surface area contributed by atoms with Crippen LogP contribution in [0.15, 0.2) is 24.3 Å². The van der Waals surface area contributed by atoms with Gasteiger partial charge in [-0.3, -0.25) is 0 Å². The van der Waals surface area contributed by atoms with Crippen LogP contribution < -0.4 is 4.74 Å². The van der Waals surface area contributed by atoms with Gasteiger partial charge in [-0.1, -0.05) is 44.9 Å². The summed E-state index contributed by atoms with van der Waals surface area (Å²) >= 11 is 0. The highest BCUT2D eigenvalue weighted by Crippen LogP contribution is 2.19. The SMILES string of the molecule is CCCC(CC)COc1ccccc1C. The number of hydrogen-bond acceptors (Lipinski definition) is 1.